The fourth-order valence-corrected chi connectivity index (χ4v) is 10.9. The van der Waals surface area contributed by atoms with Crippen LogP contribution < -0.4 is 0 Å². The van der Waals surface area contributed by atoms with Gasteiger partial charge in [-0.05, 0) is 27.7 Å². The van der Waals surface area contributed by atoms with Crippen molar-refractivity contribution in [2.45, 2.75) is 247 Å². The van der Waals surface area contributed by atoms with Crippen molar-refractivity contribution in [1.29, 1.82) is 0 Å². The van der Waals surface area contributed by atoms with E-state index in [0.29, 0.717) is 11.1 Å². The molecule has 38 heteroatoms. The van der Waals surface area contributed by atoms with Gasteiger partial charge in [0, 0.05) is 108 Å². The largest absolute Gasteiger partial charge is 0.463 e. The Morgan fingerprint density at radius 3 is 0.673 bits per heavy atom. The molecule has 38 nitrogen and oxygen atoms in total. The van der Waals surface area contributed by atoms with E-state index in [0.717, 1.165) is 96.9 Å². The molecule has 0 aromatic heterocycles. The minimum absolute atomic E-state index is 0.0596. The van der Waals surface area contributed by atoms with Gasteiger partial charge in [0.25, 0.3) is 0 Å². The van der Waals surface area contributed by atoms with Gasteiger partial charge < -0.3 is 104 Å². The van der Waals surface area contributed by atoms with E-state index in [2.05, 4.69) is 0 Å². The van der Waals surface area contributed by atoms with Gasteiger partial charge in [0.05, 0.1) is 13.2 Å². The first-order chi connectivity index (χ1) is 51.5. The normalized spacial score (nSPS) is 28.5. The van der Waals surface area contributed by atoms with Crippen molar-refractivity contribution in [3.63, 3.8) is 0 Å². The van der Waals surface area contributed by atoms with E-state index in [4.69, 9.17) is 104 Å². The molecule has 4 heterocycles. The van der Waals surface area contributed by atoms with Gasteiger partial charge in [0.2, 0.25) is 24.8 Å². The Morgan fingerprint density at radius 2 is 0.436 bits per heavy atom. The van der Waals surface area contributed by atoms with Crippen molar-refractivity contribution < 1.29 is 181 Å². The summed E-state index contributed by atoms with van der Waals surface area (Å²) >= 11 is 0. The highest BCUT2D eigenvalue weighted by atomic mass is 16.8. The topological polar surface area (TPSA) is 476 Å². The smallest absolute Gasteiger partial charge is 0.336 e. The van der Waals surface area contributed by atoms with Gasteiger partial charge in [0.1, 0.15) is 37.6 Å². The van der Waals surface area contributed by atoms with Crippen LogP contribution in [0.4, 0.5) is 0 Å². The number of allylic oxidation sites excluding steroid dienone is 12. The molecule has 0 saturated carbocycles. The highest BCUT2D eigenvalue weighted by Crippen LogP contribution is 2.37. The highest BCUT2D eigenvalue weighted by molar-refractivity contribution is 5.89. The van der Waals surface area contributed by atoms with Crippen LogP contribution >= 0.6 is 0 Å². The van der Waals surface area contributed by atoms with Gasteiger partial charge >= 0.3 is 95.5 Å². The number of carbonyl (C=O) groups excluding carboxylic acids is 16. The number of hydrogen-bond acceptors (Lipinski definition) is 38. The third-order valence-electron chi connectivity index (χ3n) is 15.1. The maximum atomic E-state index is 13.8. The second kappa shape index (κ2) is 44.2. The van der Waals surface area contributed by atoms with Gasteiger partial charge in [-0.1, -0.05) is 71.9 Å². The third kappa shape index (κ3) is 30.5. The second-order valence-corrected chi connectivity index (χ2v) is 24.8. The molecule has 608 valence electrons. The van der Waals surface area contributed by atoms with Crippen LogP contribution in [0.25, 0.3) is 0 Å². The summed E-state index contributed by atoms with van der Waals surface area (Å²) in [6, 6.07) is 0. The predicted octanol–water partition coefficient (Wildman–Crippen LogP) is 2.77. The molecule has 4 rings (SSSR count). The Kier molecular flexibility index (Phi) is 36.9. The number of carbonyl (C=O) groups is 16. The van der Waals surface area contributed by atoms with Crippen LogP contribution in [0, 0.1) is 0 Å². The molecule has 0 aromatic rings. The predicted molar refractivity (Wildman–Crippen MR) is 361 cm³/mol. The van der Waals surface area contributed by atoms with Crippen LogP contribution in [-0.4, -0.2) is 245 Å². The van der Waals surface area contributed by atoms with E-state index in [1.165, 1.54) is 38.2 Å². The molecule has 110 heavy (non-hydrogen) atoms. The van der Waals surface area contributed by atoms with Crippen LogP contribution in [-0.2, 0) is 181 Å². The monoisotopic (exact) mass is 1560 g/mol. The first-order valence-electron chi connectivity index (χ1n) is 33.9. The molecule has 4 aliphatic heterocycles. The lowest BCUT2D eigenvalue weighted by molar-refractivity contribution is -0.330. The zero-order chi connectivity index (χ0) is 82.5. The second-order valence-electron chi connectivity index (χ2n) is 24.8. The Morgan fingerprint density at radius 1 is 0.227 bits per heavy atom. The van der Waals surface area contributed by atoms with E-state index in [9.17, 15) is 76.7 Å². The maximum absolute atomic E-state index is 13.8. The van der Waals surface area contributed by atoms with Crippen LogP contribution in [0.5, 0.6) is 0 Å². The Balaban J connectivity index is 1.56. The summed E-state index contributed by atoms with van der Waals surface area (Å²) in [7, 11) is 0. The summed E-state index contributed by atoms with van der Waals surface area (Å²) in [6.45, 7) is 17.4. The molecule has 4 fully saturated rings. The van der Waals surface area contributed by atoms with Crippen LogP contribution in [0.3, 0.4) is 0 Å². The maximum Gasteiger partial charge on any atom is 0.336 e. The summed E-state index contributed by atoms with van der Waals surface area (Å²) < 4.78 is 124. The van der Waals surface area contributed by atoms with Crippen molar-refractivity contribution in [3.05, 3.63) is 83.1 Å². The van der Waals surface area contributed by atoms with Crippen molar-refractivity contribution in [2.75, 3.05) is 26.4 Å². The quantitative estimate of drug-likeness (QED) is 0.0404. The minimum atomic E-state index is -1.95. The SMILES string of the molecule is CC(=O)OC[C@H]1O[C@@H](OC[C@H]2O[C@@H](OC(=O)/C(C)=C/C=C/C(C)=C/C=C/C=C(C)/C=C/C=C(\C)C(=O)O[C@@H]3O[C@H](CO[C@@H]4O[C@H](COC(C)=O)[C@@H](OC(C)=O)[C@H](OC(C)=O)[C@H]4OC(C)=O)[C@@H](OC(C)=O)[C@H](OC(C)=O)[C@H]3OC(C)=O)[C@H](OC(C)=O)[C@@H](OC(C)=O)[C@@H]2OC(C)=O)[C@H](OC(C)=O)[C@@H](OC(C)=O)[C@@H]1OC(C)=O. The van der Waals surface area contributed by atoms with Gasteiger partial charge in [-0.25, -0.2) is 9.59 Å². The van der Waals surface area contributed by atoms with Gasteiger partial charge in [-0.3, -0.25) is 67.1 Å². The fraction of sp³-hybridized carbons (Fsp3) is 0.583. The summed E-state index contributed by atoms with van der Waals surface area (Å²) in [5.41, 5.74) is 1.19. The van der Waals surface area contributed by atoms with E-state index < -0.39 is 245 Å². The summed E-state index contributed by atoms with van der Waals surface area (Å²) in [6.07, 6.45) is -18.6. The van der Waals surface area contributed by atoms with Gasteiger partial charge in [-0.2, -0.15) is 0 Å². The summed E-state index contributed by atoms with van der Waals surface area (Å²) in [4.78, 5) is 202. The van der Waals surface area contributed by atoms with Crippen molar-refractivity contribution in [2.24, 2.45) is 0 Å². The Bertz CT molecular complexity index is 3360. The van der Waals surface area contributed by atoms with Crippen molar-refractivity contribution >= 4 is 95.5 Å². The molecule has 4 saturated heterocycles. The molecule has 0 amide bonds. The number of esters is 16. The standard InChI is InChI=1S/C72H92O38/c1-33(25-21-27-35(3)67(87)109-71-65(103-49(17)85)61(99-45(13)81)57(95-41(9)77)53(107-71)31-91-69-63(101-47(15)83)59(97-43(11)79)55(93-39(7)75)51(105-69)29-89-37(5)73)23-19-20-24-34(2)26-22-28-36(4)68(88)110-72-66(104-50(18)86)62(100-46(14)82)58(96-42(10)78)54(108-72)32-92-70-64(102-48(16)84)60(98-44(12)80)56(94-40(8)76)52(106-70)30-90-38(6)74/h19-28,51-66,69-72H,29-32H2,1-18H3/b20-19+,25-21+,26-22+,33-23+,34-24+,35-27+,36-28+/t51-,52-,53-,54-,55-,56-,57-,58-,59+,60+,61+,62+,63-,64-,65-,66-,69-,70-,71+,72+/m1/s1. The van der Waals surface area contributed by atoms with E-state index >= 15 is 0 Å². The minimum Gasteiger partial charge on any atom is -0.463 e. The molecule has 0 radical (unpaired) electrons. The lowest BCUT2D eigenvalue weighted by Gasteiger charge is -2.46. The molecule has 0 aromatic carbocycles. The average Bonchev–Trinajstić information content (AvgIpc) is 0.788. The van der Waals surface area contributed by atoms with E-state index in [-0.39, 0.29) is 11.1 Å². The summed E-state index contributed by atoms with van der Waals surface area (Å²) in [5.74, 6) is -15.3. The zero-order valence-corrected chi connectivity index (χ0v) is 63.7. The molecule has 0 spiro atoms. The van der Waals surface area contributed by atoms with Crippen molar-refractivity contribution in [3.8, 4) is 0 Å². The van der Waals surface area contributed by atoms with Crippen LogP contribution in [0.15, 0.2) is 83.1 Å². The highest BCUT2D eigenvalue weighted by Gasteiger charge is 2.59. The Hall–Kier alpha value is -10.5. The first-order valence-corrected chi connectivity index (χ1v) is 33.9. The zero-order valence-electron chi connectivity index (χ0n) is 63.7. The molecule has 0 aliphatic carbocycles. The lowest BCUT2D eigenvalue weighted by Crippen LogP contribution is -2.65. The number of ether oxygens (including phenoxy) is 22. The number of rotatable bonds is 32. The number of hydrogen-bond donors (Lipinski definition) is 0. The molecular weight excluding hydrogens is 1470 g/mol. The first kappa shape index (κ1) is 91.8. The lowest BCUT2D eigenvalue weighted by atomic mass is 9.97. The molecule has 0 unspecified atom stereocenters. The molecule has 0 bridgehead atoms. The van der Waals surface area contributed by atoms with Crippen molar-refractivity contribution in [1.82, 2.24) is 0 Å². The van der Waals surface area contributed by atoms with Gasteiger partial charge in [0.15, 0.2) is 73.6 Å². The molecular formula is C72H92O38. The average molecular weight is 1570 g/mol. The van der Waals surface area contributed by atoms with E-state index in [1.807, 2.05) is 0 Å². The van der Waals surface area contributed by atoms with Crippen LogP contribution in [0.2, 0.25) is 0 Å². The van der Waals surface area contributed by atoms with Crippen LogP contribution in [0.1, 0.15) is 125 Å². The fourth-order valence-electron chi connectivity index (χ4n) is 10.9. The third-order valence-corrected chi connectivity index (χ3v) is 15.1. The summed E-state index contributed by atoms with van der Waals surface area (Å²) in [5, 5.41) is 0. The molecule has 4 aliphatic rings. The molecule has 20 atom stereocenters. The molecule has 0 N–H and O–H groups in total. The van der Waals surface area contributed by atoms with E-state index in [1.54, 1.807) is 50.3 Å². The Labute approximate surface area is 631 Å². The van der Waals surface area contributed by atoms with Gasteiger partial charge in [-0.15, -0.1) is 0 Å².